The van der Waals surface area contributed by atoms with Crippen molar-refractivity contribution in [3.8, 4) is 0 Å². The summed E-state index contributed by atoms with van der Waals surface area (Å²) in [5.74, 6) is 0. The first-order valence-corrected chi connectivity index (χ1v) is 4.28. The Morgan fingerprint density at radius 2 is 2.08 bits per heavy atom. The first-order valence-electron chi connectivity index (χ1n) is 3.90. The molecule has 12 heavy (non-hydrogen) atoms. The molecule has 1 aromatic carbocycles. The quantitative estimate of drug-likeness (QED) is 0.586. The zero-order chi connectivity index (χ0) is 8.72. The number of rotatable bonds is 0. The number of aromatic nitrogens is 1. The minimum atomic E-state index is 0.822. The van der Waals surface area contributed by atoms with Crippen LogP contribution in [0.4, 0.5) is 0 Å². The van der Waals surface area contributed by atoms with Crippen molar-refractivity contribution in [3.05, 3.63) is 35.0 Å². The highest BCUT2D eigenvalue weighted by atomic mass is 35.5. The van der Waals surface area contributed by atoms with E-state index >= 15 is 0 Å². The van der Waals surface area contributed by atoms with Crippen molar-refractivity contribution < 1.29 is 0 Å². The molecule has 0 saturated carbocycles. The van der Waals surface area contributed by atoms with Gasteiger partial charge in [-0.25, -0.2) is 0 Å². The lowest BCUT2D eigenvalue weighted by Crippen LogP contribution is -1.89. The van der Waals surface area contributed by atoms with E-state index < -0.39 is 0 Å². The second-order valence-electron chi connectivity index (χ2n) is 3.02. The Labute approximate surface area is 76.6 Å². The molecule has 2 rings (SSSR count). The molecule has 0 aliphatic rings. The van der Waals surface area contributed by atoms with E-state index in [9.17, 15) is 0 Å². The summed E-state index contributed by atoms with van der Waals surface area (Å²) < 4.78 is 2.11. The van der Waals surface area contributed by atoms with Crippen LogP contribution in [0, 0.1) is 6.92 Å². The third-order valence-electron chi connectivity index (χ3n) is 2.25. The number of nitrogens with zero attached hydrogens (tertiary/aromatic N) is 1. The predicted molar refractivity (Wildman–Crippen MR) is 52.7 cm³/mol. The molecule has 0 bridgehead atoms. The molecule has 1 nitrogen and oxygen atoms in total. The van der Waals surface area contributed by atoms with Crippen molar-refractivity contribution >= 4 is 22.5 Å². The van der Waals surface area contributed by atoms with E-state index in [1.165, 1.54) is 11.1 Å². The van der Waals surface area contributed by atoms with Crippen molar-refractivity contribution in [2.24, 2.45) is 7.05 Å². The molecule has 0 spiro atoms. The van der Waals surface area contributed by atoms with Crippen LogP contribution in [0.25, 0.3) is 10.9 Å². The summed E-state index contributed by atoms with van der Waals surface area (Å²) in [5.41, 5.74) is 2.36. The van der Waals surface area contributed by atoms with Crippen LogP contribution >= 0.6 is 11.6 Å². The summed E-state index contributed by atoms with van der Waals surface area (Å²) in [6, 6.07) is 8.11. The number of para-hydroxylation sites is 1. The van der Waals surface area contributed by atoms with Crippen LogP contribution in [-0.4, -0.2) is 4.57 Å². The van der Waals surface area contributed by atoms with Gasteiger partial charge in [0.2, 0.25) is 0 Å². The van der Waals surface area contributed by atoms with Crippen LogP contribution in [0.3, 0.4) is 0 Å². The van der Waals surface area contributed by atoms with Crippen LogP contribution in [0.2, 0.25) is 5.02 Å². The lowest BCUT2D eigenvalue weighted by atomic mass is 10.2. The first-order chi connectivity index (χ1) is 5.70. The molecule has 0 unspecified atom stereocenters. The van der Waals surface area contributed by atoms with Gasteiger partial charge in [-0.05, 0) is 19.1 Å². The van der Waals surface area contributed by atoms with Crippen LogP contribution in [0.5, 0.6) is 0 Å². The van der Waals surface area contributed by atoms with Crippen molar-refractivity contribution in [2.75, 3.05) is 0 Å². The fourth-order valence-electron chi connectivity index (χ4n) is 1.50. The lowest BCUT2D eigenvalue weighted by Gasteiger charge is -1.99. The monoisotopic (exact) mass is 179 g/mol. The highest BCUT2D eigenvalue weighted by Crippen LogP contribution is 2.25. The summed E-state index contributed by atoms with van der Waals surface area (Å²) in [6.07, 6.45) is 0. The van der Waals surface area contributed by atoms with E-state index in [4.69, 9.17) is 11.6 Å². The Hall–Kier alpha value is -0.950. The van der Waals surface area contributed by atoms with E-state index in [1.807, 2.05) is 19.2 Å². The minimum Gasteiger partial charge on any atom is -0.347 e. The fraction of sp³-hybridized carbons (Fsp3) is 0.200. The molecule has 0 aliphatic carbocycles. The Morgan fingerprint density at radius 1 is 1.33 bits per heavy atom. The summed E-state index contributed by atoms with van der Waals surface area (Å²) in [5, 5.41) is 2.03. The van der Waals surface area contributed by atoms with Crippen LogP contribution in [0.15, 0.2) is 24.3 Å². The highest BCUT2D eigenvalue weighted by Gasteiger charge is 2.04. The van der Waals surface area contributed by atoms with Gasteiger partial charge >= 0.3 is 0 Å². The maximum Gasteiger partial charge on any atom is 0.0669 e. The molecule has 0 radical (unpaired) electrons. The number of benzene rings is 1. The summed E-state index contributed by atoms with van der Waals surface area (Å²) in [6.45, 7) is 2.08. The summed E-state index contributed by atoms with van der Waals surface area (Å²) in [7, 11) is 2.03. The normalized spacial score (nSPS) is 10.9. The second-order valence-corrected chi connectivity index (χ2v) is 3.43. The topological polar surface area (TPSA) is 4.93 Å². The van der Waals surface area contributed by atoms with Gasteiger partial charge in [0.05, 0.1) is 10.5 Å². The number of halogens is 1. The van der Waals surface area contributed by atoms with Gasteiger partial charge < -0.3 is 4.57 Å². The predicted octanol–water partition coefficient (Wildman–Crippen LogP) is 3.14. The first kappa shape index (κ1) is 7.69. The van der Waals surface area contributed by atoms with Gasteiger partial charge in [0.1, 0.15) is 0 Å². The maximum atomic E-state index is 6.05. The highest BCUT2D eigenvalue weighted by molar-refractivity contribution is 6.35. The van der Waals surface area contributed by atoms with Crippen molar-refractivity contribution in [1.82, 2.24) is 4.57 Å². The molecule has 0 aliphatic heterocycles. The molecule has 0 fully saturated rings. The van der Waals surface area contributed by atoms with Crippen LogP contribution in [0.1, 0.15) is 5.69 Å². The van der Waals surface area contributed by atoms with Gasteiger partial charge in [0.25, 0.3) is 0 Å². The molecule has 62 valence electrons. The SMILES string of the molecule is Cc1cc2cccc(Cl)c2n1C. The number of aryl methyl sites for hydroxylation is 2. The molecule has 1 heterocycles. The average molecular weight is 180 g/mol. The third-order valence-corrected chi connectivity index (χ3v) is 2.55. The standard InChI is InChI=1S/C10H10ClN/c1-7-6-8-4-3-5-9(11)10(8)12(7)2/h3-6H,1-2H3. The van der Waals surface area contributed by atoms with E-state index in [-0.39, 0.29) is 0 Å². The van der Waals surface area contributed by atoms with Gasteiger partial charge in [-0.2, -0.15) is 0 Å². The largest absolute Gasteiger partial charge is 0.347 e. The van der Waals surface area contributed by atoms with Gasteiger partial charge in [0, 0.05) is 18.1 Å². The van der Waals surface area contributed by atoms with E-state index in [2.05, 4.69) is 23.6 Å². The van der Waals surface area contributed by atoms with Gasteiger partial charge in [0.15, 0.2) is 0 Å². The number of hydrogen-bond acceptors (Lipinski definition) is 0. The van der Waals surface area contributed by atoms with Crippen molar-refractivity contribution in [1.29, 1.82) is 0 Å². The van der Waals surface area contributed by atoms with Crippen molar-refractivity contribution in [3.63, 3.8) is 0 Å². The second kappa shape index (κ2) is 2.53. The number of fused-ring (bicyclic) bond motifs is 1. The molecular weight excluding hydrogens is 170 g/mol. The van der Waals surface area contributed by atoms with Gasteiger partial charge in [-0.15, -0.1) is 0 Å². The molecule has 2 aromatic rings. The summed E-state index contributed by atoms with van der Waals surface area (Å²) in [4.78, 5) is 0. The third kappa shape index (κ3) is 0.935. The molecule has 1 aromatic heterocycles. The molecule has 0 saturated heterocycles. The van der Waals surface area contributed by atoms with Gasteiger partial charge in [-0.3, -0.25) is 0 Å². The van der Waals surface area contributed by atoms with E-state index in [0.717, 1.165) is 10.5 Å². The minimum absolute atomic E-state index is 0.822. The van der Waals surface area contributed by atoms with Crippen molar-refractivity contribution in [2.45, 2.75) is 6.92 Å². The Kier molecular flexibility index (Phi) is 1.62. The maximum absolute atomic E-state index is 6.05. The Morgan fingerprint density at radius 3 is 2.75 bits per heavy atom. The van der Waals surface area contributed by atoms with E-state index in [0.29, 0.717) is 0 Å². The molecule has 0 amide bonds. The Bertz CT molecular complexity index is 429. The average Bonchev–Trinajstić information content (AvgIpc) is 2.29. The molecule has 2 heteroatoms. The zero-order valence-corrected chi connectivity index (χ0v) is 7.89. The zero-order valence-electron chi connectivity index (χ0n) is 7.13. The molecular formula is C10H10ClN. The smallest absolute Gasteiger partial charge is 0.0669 e. The van der Waals surface area contributed by atoms with Crippen LogP contribution in [-0.2, 0) is 7.05 Å². The summed E-state index contributed by atoms with van der Waals surface area (Å²) >= 11 is 6.05. The molecule has 0 atom stereocenters. The fourth-order valence-corrected chi connectivity index (χ4v) is 1.81. The Balaban J connectivity index is 2.97. The number of hydrogen-bond donors (Lipinski definition) is 0. The van der Waals surface area contributed by atoms with E-state index in [1.54, 1.807) is 0 Å². The molecule has 0 N–H and O–H groups in total. The van der Waals surface area contributed by atoms with Gasteiger partial charge in [-0.1, -0.05) is 23.7 Å². The lowest BCUT2D eigenvalue weighted by molar-refractivity contribution is 0.918. The van der Waals surface area contributed by atoms with Crippen LogP contribution < -0.4 is 0 Å².